The van der Waals surface area contributed by atoms with E-state index in [9.17, 15) is 18.8 Å². The fourth-order valence-electron chi connectivity index (χ4n) is 4.45. The van der Waals surface area contributed by atoms with Gasteiger partial charge in [-0.2, -0.15) is 0 Å². The van der Waals surface area contributed by atoms with Crippen LogP contribution in [0.5, 0.6) is 0 Å². The van der Waals surface area contributed by atoms with Crippen LogP contribution in [0.1, 0.15) is 36.5 Å². The normalized spacial score (nSPS) is 16.5. The maximum Gasteiger partial charge on any atom is 0.328 e. The van der Waals surface area contributed by atoms with Crippen LogP contribution in [-0.2, 0) is 6.54 Å². The van der Waals surface area contributed by atoms with Crippen molar-refractivity contribution in [2.45, 2.75) is 38.8 Å². The number of Topliss-reactive ketones (excluding diaryl/α,β-unsaturated/α-hetero) is 1. The number of carbonyl (C=O) groups is 1. The summed E-state index contributed by atoms with van der Waals surface area (Å²) in [4.78, 5) is 43.2. The van der Waals surface area contributed by atoms with Crippen LogP contribution in [0, 0.1) is 11.7 Å². The number of aromatic amines is 1. The molecule has 1 atom stereocenters. The summed E-state index contributed by atoms with van der Waals surface area (Å²) in [5.41, 5.74) is 0.408. The Bertz CT molecular complexity index is 1190. The second kappa shape index (κ2) is 8.98. The Morgan fingerprint density at radius 2 is 1.77 bits per heavy atom. The molecule has 0 saturated carbocycles. The molecule has 6 nitrogen and oxygen atoms in total. The topological polar surface area (TPSA) is 75.2 Å². The van der Waals surface area contributed by atoms with Gasteiger partial charge >= 0.3 is 5.69 Å². The molecule has 0 aliphatic carbocycles. The molecule has 0 radical (unpaired) electrons. The van der Waals surface area contributed by atoms with Crippen molar-refractivity contribution in [2.24, 2.45) is 5.92 Å². The molecule has 162 valence electrons. The van der Waals surface area contributed by atoms with Crippen LogP contribution in [-0.4, -0.2) is 39.4 Å². The minimum absolute atomic E-state index is 0.0295. The van der Waals surface area contributed by atoms with E-state index >= 15 is 0 Å². The number of aromatic nitrogens is 2. The van der Waals surface area contributed by atoms with E-state index < -0.39 is 5.69 Å². The molecule has 2 heterocycles. The van der Waals surface area contributed by atoms with Crippen LogP contribution < -0.4 is 11.2 Å². The zero-order valence-corrected chi connectivity index (χ0v) is 17.5. The summed E-state index contributed by atoms with van der Waals surface area (Å²) < 4.78 is 14.4. The van der Waals surface area contributed by atoms with Gasteiger partial charge in [0.15, 0.2) is 5.78 Å². The van der Waals surface area contributed by atoms with E-state index in [2.05, 4.69) is 9.88 Å². The molecule has 1 saturated heterocycles. The third kappa shape index (κ3) is 4.37. The van der Waals surface area contributed by atoms with E-state index in [0.29, 0.717) is 35.9 Å². The molecule has 1 unspecified atom stereocenters. The monoisotopic (exact) mass is 423 g/mol. The molecule has 3 aromatic rings. The number of nitrogens with one attached hydrogen (secondary N) is 1. The smallest absolute Gasteiger partial charge is 0.307 e. The molecule has 1 fully saturated rings. The number of hydrogen-bond acceptors (Lipinski definition) is 4. The number of H-pyrrole nitrogens is 1. The van der Waals surface area contributed by atoms with Gasteiger partial charge in [0.05, 0.1) is 10.9 Å². The summed E-state index contributed by atoms with van der Waals surface area (Å²) in [6, 6.07) is 12.8. The molecular formula is C24H26FN3O3. The maximum absolute atomic E-state index is 13.1. The van der Waals surface area contributed by atoms with E-state index in [1.54, 1.807) is 24.3 Å². The lowest BCUT2D eigenvalue weighted by Gasteiger charge is -2.37. The highest BCUT2D eigenvalue weighted by atomic mass is 19.1. The SMILES string of the molecule is CCC(Cn1c(=O)[nH]c2ccccc2c1=O)N1CCC(C(=O)c2ccc(F)cc2)CC1. The molecule has 0 bridgehead atoms. The summed E-state index contributed by atoms with van der Waals surface area (Å²) in [6.45, 7) is 3.79. The number of benzene rings is 2. The number of fused-ring (bicyclic) bond motifs is 1. The molecule has 1 N–H and O–H groups in total. The van der Waals surface area contributed by atoms with E-state index in [0.717, 1.165) is 19.5 Å². The molecule has 4 rings (SSSR count). The Kier molecular flexibility index (Phi) is 6.13. The largest absolute Gasteiger partial charge is 0.328 e. The van der Waals surface area contributed by atoms with Gasteiger partial charge in [-0.05, 0) is 68.8 Å². The Morgan fingerprint density at radius 1 is 1.10 bits per heavy atom. The zero-order valence-electron chi connectivity index (χ0n) is 17.5. The summed E-state index contributed by atoms with van der Waals surface area (Å²) >= 11 is 0. The summed E-state index contributed by atoms with van der Waals surface area (Å²) in [7, 11) is 0. The Morgan fingerprint density at radius 3 is 2.45 bits per heavy atom. The first kappa shape index (κ1) is 21.2. The second-order valence-corrected chi connectivity index (χ2v) is 8.13. The molecule has 0 amide bonds. The zero-order chi connectivity index (χ0) is 22.0. The Hall–Kier alpha value is -3.06. The van der Waals surface area contributed by atoms with E-state index in [1.165, 1.54) is 28.8 Å². The van der Waals surface area contributed by atoms with Gasteiger partial charge in [0.1, 0.15) is 5.82 Å². The molecule has 2 aromatic carbocycles. The standard InChI is InChI=1S/C24H26FN3O3/c1-2-19(15-28-23(30)20-5-3-4-6-21(20)26-24(28)31)27-13-11-17(12-14-27)22(29)16-7-9-18(25)10-8-16/h3-10,17,19H,2,11-15H2,1H3,(H,26,31). The number of rotatable bonds is 6. The van der Waals surface area contributed by atoms with Gasteiger partial charge in [-0.25, -0.2) is 9.18 Å². The molecule has 7 heteroatoms. The number of piperidine rings is 1. The van der Waals surface area contributed by atoms with Gasteiger partial charge in [-0.3, -0.25) is 19.1 Å². The molecule has 1 aromatic heterocycles. The Balaban J connectivity index is 1.46. The van der Waals surface area contributed by atoms with E-state index in [-0.39, 0.29) is 29.1 Å². The van der Waals surface area contributed by atoms with Gasteiger partial charge in [0, 0.05) is 24.1 Å². The molecule has 1 aliphatic heterocycles. The highest BCUT2D eigenvalue weighted by Crippen LogP contribution is 2.24. The van der Waals surface area contributed by atoms with Crippen molar-refractivity contribution in [3.8, 4) is 0 Å². The summed E-state index contributed by atoms with van der Waals surface area (Å²) in [6.07, 6.45) is 2.20. The van der Waals surface area contributed by atoms with Crippen molar-refractivity contribution in [3.05, 3.63) is 80.7 Å². The van der Waals surface area contributed by atoms with Crippen molar-refractivity contribution in [2.75, 3.05) is 13.1 Å². The quantitative estimate of drug-likeness (QED) is 0.618. The van der Waals surface area contributed by atoms with Crippen LogP contribution in [0.3, 0.4) is 0 Å². The van der Waals surface area contributed by atoms with Gasteiger partial charge < -0.3 is 4.98 Å². The minimum Gasteiger partial charge on any atom is -0.307 e. The predicted octanol–water partition coefficient (Wildman–Crippen LogP) is 3.20. The molecule has 1 aliphatic rings. The lowest BCUT2D eigenvalue weighted by atomic mass is 9.88. The molecule has 31 heavy (non-hydrogen) atoms. The number of halogens is 1. The van der Waals surface area contributed by atoms with Gasteiger partial charge in [-0.15, -0.1) is 0 Å². The first-order chi connectivity index (χ1) is 15.0. The highest BCUT2D eigenvalue weighted by molar-refractivity contribution is 5.97. The van der Waals surface area contributed by atoms with E-state index in [4.69, 9.17) is 0 Å². The Labute approximate surface area is 179 Å². The average Bonchev–Trinajstić information content (AvgIpc) is 2.79. The number of para-hydroxylation sites is 1. The number of carbonyl (C=O) groups excluding carboxylic acids is 1. The van der Waals surface area contributed by atoms with Crippen molar-refractivity contribution in [1.29, 1.82) is 0 Å². The third-order valence-electron chi connectivity index (χ3n) is 6.30. The first-order valence-electron chi connectivity index (χ1n) is 10.7. The van der Waals surface area contributed by atoms with Crippen molar-refractivity contribution in [3.63, 3.8) is 0 Å². The average molecular weight is 423 g/mol. The van der Waals surface area contributed by atoms with Crippen molar-refractivity contribution in [1.82, 2.24) is 14.5 Å². The van der Waals surface area contributed by atoms with E-state index in [1.807, 2.05) is 6.92 Å². The van der Waals surface area contributed by atoms with Crippen molar-refractivity contribution < 1.29 is 9.18 Å². The number of nitrogens with zero attached hydrogens (tertiary/aromatic N) is 2. The highest BCUT2D eigenvalue weighted by Gasteiger charge is 2.29. The van der Waals surface area contributed by atoms with Crippen molar-refractivity contribution >= 4 is 16.7 Å². The third-order valence-corrected chi connectivity index (χ3v) is 6.30. The van der Waals surface area contributed by atoms with Gasteiger partial charge in [-0.1, -0.05) is 19.1 Å². The predicted molar refractivity (Wildman–Crippen MR) is 118 cm³/mol. The maximum atomic E-state index is 13.1. The van der Waals surface area contributed by atoms with Crippen LogP contribution in [0.4, 0.5) is 4.39 Å². The van der Waals surface area contributed by atoms with Gasteiger partial charge in [0.25, 0.3) is 5.56 Å². The first-order valence-corrected chi connectivity index (χ1v) is 10.7. The second-order valence-electron chi connectivity index (χ2n) is 8.13. The van der Waals surface area contributed by atoms with Gasteiger partial charge in [0.2, 0.25) is 0 Å². The number of hydrogen-bond donors (Lipinski definition) is 1. The van der Waals surface area contributed by atoms with Crippen LogP contribution in [0.2, 0.25) is 0 Å². The summed E-state index contributed by atoms with van der Waals surface area (Å²) in [5.74, 6) is -0.392. The minimum atomic E-state index is -0.400. The lowest BCUT2D eigenvalue weighted by Crippen LogP contribution is -2.48. The van der Waals surface area contributed by atoms with Crippen LogP contribution in [0.25, 0.3) is 10.9 Å². The number of likely N-dealkylation sites (tertiary alicyclic amines) is 1. The molecule has 0 spiro atoms. The van der Waals surface area contributed by atoms with Crippen LogP contribution >= 0.6 is 0 Å². The van der Waals surface area contributed by atoms with Crippen LogP contribution in [0.15, 0.2) is 58.1 Å². The fraction of sp³-hybridized carbons (Fsp3) is 0.375. The number of ketones is 1. The summed E-state index contributed by atoms with van der Waals surface area (Å²) in [5, 5.41) is 0.501. The fourth-order valence-corrected chi connectivity index (χ4v) is 4.45. The molecular weight excluding hydrogens is 397 g/mol. The lowest BCUT2D eigenvalue weighted by molar-refractivity contribution is 0.0766.